The molecule has 0 aromatic rings. The Kier molecular flexibility index (Phi) is 5.64. The fraction of sp³-hybridized carbons (Fsp3) is 0.941. The number of likely N-dealkylation sites (tertiary alicyclic amines) is 1. The maximum Gasteiger partial charge on any atom is 0.317 e. The Morgan fingerprint density at radius 1 is 1.17 bits per heavy atom. The maximum absolute atomic E-state index is 12.4. The molecule has 1 saturated carbocycles. The van der Waals surface area contributed by atoms with Crippen LogP contribution >= 0.6 is 0 Å². The number of carbonyl (C=O) groups is 1. The quantitative estimate of drug-likeness (QED) is 0.834. The summed E-state index contributed by atoms with van der Waals surface area (Å²) in [7, 11) is -2.95. The van der Waals surface area contributed by atoms with Crippen molar-refractivity contribution in [3.63, 3.8) is 0 Å². The molecule has 5 nitrogen and oxygen atoms in total. The molecule has 0 radical (unpaired) electrons. The van der Waals surface area contributed by atoms with Crippen LogP contribution in [0, 0.1) is 10.8 Å². The van der Waals surface area contributed by atoms with Gasteiger partial charge in [0.2, 0.25) is 0 Å². The van der Waals surface area contributed by atoms with Gasteiger partial charge < -0.3 is 10.2 Å². The first-order valence-electron chi connectivity index (χ1n) is 8.82. The van der Waals surface area contributed by atoms with Gasteiger partial charge in [-0.2, -0.15) is 0 Å². The Labute approximate surface area is 141 Å². The number of nitrogens with zero attached hydrogens (tertiary/aromatic N) is 1. The highest BCUT2D eigenvalue weighted by Gasteiger charge is 2.40. The van der Waals surface area contributed by atoms with Gasteiger partial charge in [0.05, 0.1) is 5.75 Å². The van der Waals surface area contributed by atoms with Crippen molar-refractivity contribution in [1.29, 1.82) is 0 Å². The van der Waals surface area contributed by atoms with Crippen molar-refractivity contribution in [2.45, 2.75) is 58.8 Å². The predicted octanol–water partition coefficient (Wildman–Crippen LogP) is 2.81. The molecule has 2 fully saturated rings. The highest BCUT2D eigenvalue weighted by Crippen LogP contribution is 2.43. The van der Waals surface area contributed by atoms with E-state index in [4.69, 9.17) is 0 Å². The van der Waals surface area contributed by atoms with E-state index in [1.165, 1.54) is 38.4 Å². The number of hydrogen-bond acceptors (Lipinski definition) is 3. The molecule has 1 aliphatic carbocycles. The number of amides is 2. The van der Waals surface area contributed by atoms with Crippen molar-refractivity contribution in [3.05, 3.63) is 0 Å². The van der Waals surface area contributed by atoms with Crippen LogP contribution in [-0.2, 0) is 9.84 Å². The van der Waals surface area contributed by atoms with Crippen molar-refractivity contribution in [2.24, 2.45) is 10.8 Å². The van der Waals surface area contributed by atoms with Crippen LogP contribution in [0.2, 0.25) is 0 Å². The molecule has 23 heavy (non-hydrogen) atoms. The summed E-state index contributed by atoms with van der Waals surface area (Å²) in [6.07, 6.45) is 9.42. The second kappa shape index (κ2) is 6.99. The molecule has 1 saturated heterocycles. The Bertz CT molecular complexity index is 522. The summed E-state index contributed by atoms with van der Waals surface area (Å²) in [5.74, 6) is 0.169. The van der Waals surface area contributed by atoms with E-state index < -0.39 is 9.84 Å². The monoisotopic (exact) mass is 344 g/mol. The third kappa shape index (κ3) is 5.66. The van der Waals surface area contributed by atoms with Gasteiger partial charge in [-0.25, -0.2) is 13.2 Å². The van der Waals surface area contributed by atoms with Crippen molar-refractivity contribution in [3.8, 4) is 0 Å². The molecule has 2 aliphatic rings. The van der Waals surface area contributed by atoms with E-state index in [9.17, 15) is 13.2 Å². The topological polar surface area (TPSA) is 66.5 Å². The van der Waals surface area contributed by atoms with Crippen LogP contribution in [0.25, 0.3) is 0 Å². The Balaban J connectivity index is 1.78. The Morgan fingerprint density at radius 3 is 2.43 bits per heavy atom. The molecule has 1 aliphatic heterocycles. The molecular formula is C17H32N2O3S. The molecule has 1 heterocycles. The maximum atomic E-state index is 12.4. The lowest BCUT2D eigenvalue weighted by atomic mass is 9.73. The van der Waals surface area contributed by atoms with Gasteiger partial charge >= 0.3 is 6.03 Å². The summed E-state index contributed by atoms with van der Waals surface area (Å²) in [4.78, 5) is 14.4. The van der Waals surface area contributed by atoms with Crippen LogP contribution < -0.4 is 5.32 Å². The van der Waals surface area contributed by atoms with Gasteiger partial charge in [-0.1, -0.05) is 33.1 Å². The van der Waals surface area contributed by atoms with Crippen LogP contribution in [0.15, 0.2) is 0 Å². The molecule has 0 atom stereocenters. The molecular weight excluding hydrogens is 312 g/mol. The van der Waals surface area contributed by atoms with Gasteiger partial charge in [0.1, 0.15) is 9.84 Å². The first-order valence-corrected chi connectivity index (χ1v) is 10.9. The van der Waals surface area contributed by atoms with E-state index >= 15 is 0 Å². The molecule has 0 unspecified atom stereocenters. The zero-order valence-electron chi connectivity index (χ0n) is 14.9. The Morgan fingerprint density at radius 2 is 1.83 bits per heavy atom. The number of urea groups is 1. The van der Waals surface area contributed by atoms with Gasteiger partial charge in [0.25, 0.3) is 0 Å². The summed E-state index contributed by atoms with van der Waals surface area (Å²) < 4.78 is 22.6. The first kappa shape index (κ1) is 18.6. The number of hydrogen-bond donors (Lipinski definition) is 1. The molecule has 2 rings (SSSR count). The predicted molar refractivity (Wildman–Crippen MR) is 93.2 cm³/mol. The van der Waals surface area contributed by atoms with Crippen LogP contribution in [0.4, 0.5) is 4.79 Å². The zero-order valence-corrected chi connectivity index (χ0v) is 15.7. The zero-order chi connectivity index (χ0) is 17.1. The van der Waals surface area contributed by atoms with E-state index in [0.717, 1.165) is 19.5 Å². The average Bonchev–Trinajstić information content (AvgIpc) is 2.87. The fourth-order valence-corrected chi connectivity index (χ4v) is 4.72. The minimum Gasteiger partial charge on any atom is -0.337 e. The van der Waals surface area contributed by atoms with Crippen molar-refractivity contribution >= 4 is 15.9 Å². The standard InChI is InChI=1S/C17H32N2O3S/c1-16(2,10-12-23(3,21)22)13-18-15(20)19-11-9-17(14-19)7-5-4-6-8-17/h4-14H2,1-3H3,(H,18,20). The summed E-state index contributed by atoms with van der Waals surface area (Å²) in [6, 6.07) is 0.0138. The molecule has 2 amide bonds. The second-order valence-corrected chi connectivity index (χ2v) is 10.7. The number of sulfone groups is 1. The lowest BCUT2D eigenvalue weighted by molar-refractivity contribution is 0.174. The van der Waals surface area contributed by atoms with Gasteiger partial charge in [0.15, 0.2) is 0 Å². The SMILES string of the molecule is CC(C)(CCS(C)(=O)=O)CNC(=O)N1CCC2(CCCCC2)C1. The number of nitrogens with one attached hydrogen (secondary N) is 1. The lowest BCUT2D eigenvalue weighted by Gasteiger charge is -2.33. The van der Waals surface area contributed by atoms with Gasteiger partial charge in [-0.15, -0.1) is 0 Å². The number of carbonyl (C=O) groups excluding carboxylic acids is 1. The minimum absolute atomic E-state index is 0.0138. The normalized spacial score (nSPS) is 21.6. The lowest BCUT2D eigenvalue weighted by Crippen LogP contribution is -2.44. The summed E-state index contributed by atoms with van der Waals surface area (Å²) in [5.41, 5.74) is 0.169. The van der Waals surface area contributed by atoms with Crippen molar-refractivity contribution in [1.82, 2.24) is 10.2 Å². The molecule has 134 valence electrons. The van der Waals surface area contributed by atoms with E-state index in [0.29, 0.717) is 18.4 Å². The van der Waals surface area contributed by atoms with Crippen molar-refractivity contribution < 1.29 is 13.2 Å². The smallest absolute Gasteiger partial charge is 0.317 e. The van der Waals surface area contributed by atoms with Crippen LogP contribution in [0.1, 0.15) is 58.8 Å². The fourth-order valence-electron chi connectivity index (χ4n) is 3.80. The van der Waals surface area contributed by atoms with E-state index in [1.807, 2.05) is 18.7 Å². The Hall–Kier alpha value is -0.780. The molecule has 0 aromatic heterocycles. The third-order valence-electron chi connectivity index (χ3n) is 5.51. The average molecular weight is 345 g/mol. The first-order chi connectivity index (χ1) is 10.6. The summed E-state index contributed by atoms with van der Waals surface area (Å²) >= 11 is 0. The van der Waals surface area contributed by atoms with Crippen LogP contribution in [-0.4, -0.2) is 51.0 Å². The highest BCUT2D eigenvalue weighted by molar-refractivity contribution is 7.90. The van der Waals surface area contributed by atoms with E-state index in [-0.39, 0.29) is 17.2 Å². The van der Waals surface area contributed by atoms with Gasteiger partial charge in [-0.05, 0) is 36.5 Å². The van der Waals surface area contributed by atoms with E-state index in [2.05, 4.69) is 5.32 Å². The van der Waals surface area contributed by atoms with Crippen LogP contribution in [0.5, 0.6) is 0 Å². The minimum atomic E-state index is -2.95. The molecule has 0 aromatic carbocycles. The number of rotatable bonds is 5. The highest BCUT2D eigenvalue weighted by atomic mass is 32.2. The second-order valence-electron chi connectivity index (χ2n) is 8.44. The van der Waals surface area contributed by atoms with E-state index in [1.54, 1.807) is 0 Å². The van der Waals surface area contributed by atoms with Gasteiger partial charge in [0, 0.05) is 25.9 Å². The largest absolute Gasteiger partial charge is 0.337 e. The summed E-state index contributed by atoms with van der Waals surface area (Å²) in [6.45, 7) is 6.28. The van der Waals surface area contributed by atoms with Gasteiger partial charge in [-0.3, -0.25) is 0 Å². The molecule has 0 bridgehead atoms. The molecule has 6 heteroatoms. The van der Waals surface area contributed by atoms with Crippen molar-refractivity contribution in [2.75, 3.05) is 31.6 Å². The summed E-state index contributed by atoms with van der Waals surface area (Å²) in [5, 5.41) is 3.02. The third-order valence-corrected chi connectivity index (χ3v) is 6.45. The van der Waals surface area contributed by atoms with Crippen LogP contribution in [0.3, 0.4) is 0 Å². The molecule has 1 spiro atoms. The molecule has 1 N–H and O–H groups in total.